The van der Waals surface area contributed by atoms with Gasteiger partial charge in [-0.3, -0.25) is 0 Å². The summed E-state index contributed by atoms with van der Waals surface area (Å²) in [6, 6.07) is 4.49. The van der Waals surface area contributed by atoms with Gasteiger partial charge in [0.2, 0.25) is 0 Å². The molecule has 1 N–H and O–H groups in total. The highest BCUT2D eigenvalue weighted by molar-refractivity contribution is 5.39. The summed E-state index contributed by atoms with van der Waals surface area (Å²) in [4.78, 5) is 0. The highest BCUT2D eigenvalue weighted by Gasteiger charge is 2.34. The molecule has 0 bridgehead atoms. The number of hydrogen-bond acceptors (Lipinski definition) is 2. The summed E-state index contributed by atoms with van der Waals surface area (Å²) in [6.45, 7) is 8.55. The summed E-state index contributed by atoms with van der Waals surface area (Å²) in [7, 11) is 0. The highest BCUT2D eigenvalue weighted by atomic mass is 19.4. The van der Waals surface area contributed by atoms with Crippen molar-refractivity contribution in [2.45, 2.75) is 52.9 Å². The maximum atomic E-state index is 13.1. The summed E-state index contributed by atoms with van der Waals surface area (Å²) < 4.78 is 44.8. The van der Waals surface area contributed by atoms with E-state index in [1.807, 2.05) is 27.7 Å². The number of benzene rings is 1. The largest absolute Gasteiger partial charge is 0.493 e. The van der Waals surface area contributed by atoms with Crippen molar-refractivity contribution >= 4 is 0 Å². The molecule has 0 radical (unpaired) electrons. The molecule has 1 rings (SSSR count). The van der Waals surface area contributed by atoms with Crippen LogP contribution in [0.3, 0.4) is 0 Å². The molecule has 1 unspecified atom stereocenters. The molecule has 0 heterocycles. The van der Waals surface area contributed by atoms with Crippen molar-refractivity contribution in [3.63, 3.8) is 0 Å². The fourth-order valence-electron chi connectivity index (χ4n) is 1.71. The normalized spacial score (nSPS) is 13.5. The van der Waals surface area contributed by atoms with E-state index < -0.39 is 11.7 Å². The predicted molar refractivity (Wildman–Crippen MR) is 78.4 cm³/mol. The van der Waals surface area contributed by atoms with Gasteiger partial charge in [-0.15, -0.1) is 0 Å². The molecule has 0 saturated heterocycles. The van der Waals surface area contributed by atoms with E-state index in [2.05, 4.69) is 5.32 Å². The number of halogens is 3. The van der Waals surface area contributed by atoms with Crippen molar-refractivity contribution in [2.24, 2.45) is 5.92 Å². The van der Waals surface area contributed by atoms with Gasteiger partial charge >= 0.3 is 6.18 Å². The topological polar surface area (TPSA) is 21.3 Å². The SMILES string of the molecule is CCC(C)COc1ccc(CNC(C)C)cc1C(F)(F)F. The Balaban J connectivity index is 2.92. The third kappa shape index (κ3) is 5.96. The van der Waals surface area contributed by atoms with Gasteiger partial charge in [0.25, 0.3) is 0 Å². The van der Waals surface area contributed by atoms with E-state index in [0.29, 0.717) is 18.7 Å². The Morgan fingerprint density at radius 3 is 2.38 bits per heavy atom. The first kappa shape index (κ1) is 17.8. The van der Waals surface area contributed by atoms with Crippen molar-refractivity contribution in [1.82, 2.24) is 5.32 Å². The lowest BCUT2D eigenvalue weighted by Crippen LogP contribution is -2.22. The Morgan fingerprint density at radius 2 is 1.86 bits per heavy atom. The number of rotatable bonds is 7. The number of nitrogens with one attached hydrogen (secondary N) is 1. The van der Waals surface area contributed by atoms with Crippen molar-refractivity contribution in [2.75, 3.05) is 6.61 Å². The third-order valence-electron chi connectivity index (χ3n) is 3.28. The van der Waals surface area contributed by atoms with Crippen LogP contribution in [0.25, 0.3) is 0 Å². The summed E-state index contributed by atoms with van der Waals surface area (Å²) in [5.74, 6) is 0.143. The van der Waals surface area contributed by atoms with Gasteiger partial charge in [0.15, 0.2) is 0 Å². The summed E-state index contributed by atoms with van der Waals surface area (Å²) in [6.07, 6.45) is -3.53. The Kier molecular flexibility index (Phi) is 6.52. The average molecular weight is 303 g/mol. The lowest BCUT2D eigenvalue weighted by Gasteiger charge is -2.18. The molecule has 1 aromatic rings. The van der Waals surface area contributed by atoms with Crippen LogP contribution in [0.5, 0.6) is 5.75 Å². The minimum Gasteiger partial charge on any atom is -0.493 e. The molecule has 0 aliphatic carbocycles. The van der Waals surface area contributed by atoms with Crippen LogP contribution in [-0.4, -0.2) is 12.6 Å². The van der Waals surface area contributed by atoms with Crippen LogP contribution in [0.1, 0.15) is 45.2 Å². The molecular weight excluding hydrogens is 279 g/mol. The van der Waals surface area contributed by atoms with Crippen LogP contribution in [-0.2, 0) is 12.7 Å². The molecular formula is C16H24F3NO. The molecule has 0 spiro atoms. The number of hydrogen-bond donors (Lipinski definition) is 1. The Morgan fingerprint density at radius 1 is 1.19 bits per heavy atom. The fraction of sp³-hybridized carbons (Fsp3) is 0.625. The first-order chi connectivity index (χ1) is 9.74. The highest BCUT2D eigenvalue weighted by Crippen LogP contribution is 2.37. The molecule has 5 heteroatoms. The molecule has 0 saturated carbocycles. The van der Waals surface area contributed by atoms with Gasteiger partial charge in [0, 0.05) is 12.6 Å². The zero-order valence-electron chi connectivity index (χ0n) is 13.1. The van der Waals surface area contributed by atoms with Crippen molar-refractivity contribution in [3.05, 3.63) is 29.3 Å². The number of alkyl halides is 3. The summed E-state index contributed by atoms with van der Waals surface area (Å²) in [5.41, 5.74) is -0.0965. The molecule has 1 atom stereocenters. The molecule has 0 aliphatic rings. The molecule has 0 fully saturated rings. The van der Waals surface area contributed by atoms with E-state index >= 15 is 0 Å². The van der Waals surface area contributed by atoms with E-state index in [4.69, 9.17) is 4.74 Å². The van der Waals surface area contributed by atoms with E-state index in [-0.39, 0.29) is 17.7 Å². The summed E-state index contributed by atoms with van der Waals surface area (Å²) >= 11 is 0. The molecule has 2 nitrogen and oxygen atoms in total. The standard InChI is InChI=1S/C16H24F3NO/c1-5-12(4)10-21-15-7-6-13(9-20-11(2)3)8-14(15)16(17,18)19/h6-8,11-12,20H,5,9-10H2,1-4H3. The van der Waals surface area contributed by atoms with Crippen molar-refractivity contribution in [3.8, 4) is 5.75 Å². The van der Waals surface area contributed by atoms with Crippen LogP contribution in [0.2, 0.25) is 0 Å². The predicted octanol–water partition coefficient (Wildman–Crippen LogP) is 4.63. The van der Waals surface area contributed by atoms with Crippen LogP contribution < -0.4 is 10.1 Å². The Hall–Kier alpha value is -1.23. The lowest BCUT2D eigenvalue weighted by molar-refractivity contribution is -0.139. The van der Waals surface area contributed by atoms with Gasteiger partial charge in [-0.1, -0.05) is 40.2 Å². The monoisotopic (exact) mass is 303 g/mol. The van der Waals surface area contributed by atoms with Crippen LogP contribution in [0.15, 0.2) is 18.2 Å². The van der Waals surface area contributed by atoms with Gasteiger partial charge in [-0.2, -0.15) is 13.2 Å². The molecule has 0 amide bonds. The Bertz CT molecular complexity index is 444. The molecule has 0 aromatic heterocycles. The maximum Gasteiger partial charge on any atom is 0.419 e. The average Bonchev–Trinajstić information content (AvgIpc) is 2.41. The van der Waals surface area contributed by atoms with Crippen molar-refractivity contribution < 1.29 is 17.9 Å². The van der Waals surface area contributed by atoms with Gasteiger partial charge < -0.3 is 10.1 Å². The zero-order valence-corrected chi connectivity index (χ0v) is 13.1. The minimum atomic E-state index is -4.40. The fourth-order valence-corrected chi connectivity index (χ4v) is 1.71. The molecule has 21 heavy (non-hydrogen) atoms. The van der Waals surface area contributed by atoms with Crippen LogP contribution >= 0.6 is 0 Å². The van der Waals surface area contributed by atoms with E-state index in [0.717, 1.165) is 6.42 Å². The first-order valence-corrected chi connectivity index (χ1v) is 7.30. The van der Waals surface area contributed by atoms with Gasteiger partial charge in [0.1, 0.15) is 5.75 Å². The lowest BCUT2D eigenvalue weighted by atomic mass is 10.1. The number of ether oxygens (including phenoxy) is 1. The van der Waals surface area contributed by atoms with E-state index in [9.17, 15) is 13.2 Å². The molecule has 120 valence electrons. The smallest absolute Gasteiger partial charge is 0.419 e. The second-order valence-electron chi connectivity index (χ2n) is 5.69. The summed E-state index contributed by atoms with van der Waals surface area (Å²) in [5, 5.41) is 3.11. The minimum absolute atomic E-state index is 0.0869. The van der Waals surface area contributed by atoms with E-state index in [1.54, 1.807) is 6.07 Å². The maximum absolute atomic E-state index is 13.1. The Labute approximate surface area is 124 Å². The molecule has 1 aromatic carbocycles. The molecule has 0 aliphatic heterocycles. The van der Waals surface area contributed by atoms with Gasteiger partial charge in [0.05, 0.1) is 12.2 Å². The van der Waals surface area contributed by atoms with Gasteiger partial charge in [-0.05, 0) is 23.6 Å². The third-order valence-corrected chi connectivity index (χ3v) is 3.28. The first-order valence-electron chi connectivity index (χ1n) is 7.30. The van der Waals surface area contributed by atoms with Crippen LogP contribution in [0, 0.1) is 5.92 Å². The van der Waals surface area contributed by atoms with Crippen molar-refractivity contribution in [1.29, 1.82) is 0 Å². The van der Waals surface area contributed by atoms with E-state index in [1.165, 1.54) is 12.1 Å². The zero-order chi connectivity index (χ0) is 16.0. The second kappa shape index (κ2) is 7.69. The van der Waals surface area contributed by atoms with Gasteiger partial charge in [-0.25, -0.2) is 0 Å². The quantitative estimate of drug-likeness (QED) is 0.793. The van der Waals surface area contributed by atoms with Crippen LogP contribution in [0.4, 0.5) is 13.2 Å². The second-order valence-corrected chi connectivity index (χ2v) is 5.69.